The number of benzene rings is 5. The van der Waals surface area contributed by atoms with Crippen molar-refractivity contribution in [3.05, 3.63) is 125 Å². The van der Waals surface area contributed by atoms with Crippen LogP contribution in [0, 0.1) is 6.92 Å². The third-order valence-electron chi connectivity index (χ3n) is 5.81. The first-order chi connectivity index (χ1) is 17.1. The van der Waals surface area contributed by atoms with Gasteiger partial charge in [0, 0.05) is 11.1 Å². The molecular weight excluding hydrogens is 436 g/mol. The Kier molecular flexibility index (Phi) is 6.05. The van der Waals surface area contributed by atoms with Crippen molar-refractivity contribution in [2.75, 3.05) is 0 Å². The molecule has 1 N–H and O–H groups in total. The summed E-state index contributed by atoms with van der Waals surface area (Å²) in [6.45, 7) is 1.96. The van der Waals surface area contributed by atoms with Crippen LogP contribution < -0.4 is 10.2 Å². The van der Waals surface area contributed by atoms with E-state index in [4.69, 9.17) is 4.74 Å². The molecule has 0 spiro atoms. The Morgan fingerprint density at radius 1 is 0.743 bits per heavy atom. The molecule has 0 saturated carbocycles. The molecule has 5 heteroatoms. The normalized spacial score (nSPS) is 11.1. The average molecular weight is 459 g/mol. The number of ether oxygens (including phenoxy) is 1. The summed E-state index contributed by atoms with van der Waals surface area (Å²) in [5.41, 5.74) is 5.26. The van der Waals surface area contributed by atoms with Gasteiger partial charge in [0.2, 0.25) is 0 Å². The topological polar surface area (TPSA) is 67.8 Å². The fourth-order valence-electron chi connectivity index (χ4n) is 3.99. The van der Waals surface area contributed by atoms with Crippen molar-refractivity contribution in [1.82, 2.24) is 5.43 Å². The van der Waals surface area contributed by atoms with E-state index in [9.17, 15) is 9.59 Å². The summed E-state index contributed by atoms with van der Waals surface area (Å²) in [6, 6.07) is 31.8. The van der Waals surface area contributed by atoms with Crippen LogP contribution in [0.25, 0.3) is 21.5 Å². The van der Waals surface area contributed by atoms with E-state index in [-0.39, 0.29) is 5.91 Å². The summed E-state index contributed by atoms with van der Waals surface area (Å²) in [5, 5.41) is 7.85. The maximum Gasteiger partial charge on any atom is 0.343 e. The lowest BCUT2D eigenvalue weighted by molar-refractivity contribution is 0.0734. The molecule has 0 fully saturated rings. The third-order valence-corrected chi connectivity index (χ3v) is 5.81. The number of hydrogen-bond acceptors (Lipinski definition) is 4. The van der Waals surface area contributed by atoms with E-state index in [0.29, 0.717) is 22.4 Å². The Bertz CT molecular complexity index is 1580. The zero-order valence-electron chi connectivity index (χ0n) is 19.1. The van der Waals surface area contributed by atoms with Crippen LogP contribution in [0.3, 0.4) is 0 Å². The molecule has 170 valence electrons. The molecule has 0 aromatic heterocycles. The fraction of sp³-hybridized carbons (Fsp3) is 0.0333. The third kappa shape index (κ3) is 4.66. The Morgan fingerprint density at radius 2 is 1.40 bits per heavy atom. The van der Waals surface area contributed by atoms with Gasteiger partial charge < -0.3 is 4.74 Å². The molecule has 0 saturated heterocycles. The largest absolute Gasteiger partial charge is 0.422 e. The van der Waals surface area contributed by atoms with E-state index in [0.717, 1.165) is 27.1 Å². The number of nitrogens with one attached hydrogen (secondary N) is 1. The van der Waals surface area contributed by atoms with Crippen LogP contribution in [0.1, 0.15) is 31.8 Å². The van der Waals surface area contributed by atoms with Crippen molar-refractivity contribution in [2.24, 2.45) is 5.10 Å². The van der Waals surface area contributed by atoms with Crippen LogP contribution in [0.2, 0.25) is 0 Å². The minimum absolute atomic E-state index is 0.323. The molecule has 35 heavy (non-hydrogen) atoms. The lowest BCUT2D eigenvalue weighted by atomic mass is 10.0. The molecule has 1 amide bonds. The van der Waals surface area contributed by atoms with Crippen LogP contribution in [-0.4, -0.2) is 18.1 Å². The molecule has 5 aromatic rings. The number of aryl methyl sites for hydroxylation is 1. The van der Waals surface area contributed by atoms with Gasteiger partial charge in [0.15, 0.2) is 0 Å². The lowest BCUT2D eigenvalue weighted by Gasteiger charge is -2.11. The lowest BCUT2D eigenvalue weighted by Crippen LogP contribution is -2.18. The highest BCUT2D eigenvalue weighted by atomic mass is 16.5. The van der Waals surface area contributed by atoms with Crippen molar-refractivity contribution in [1.29, 1.82) is 0 Å². The minimum Gasteiger partial charge on any atom is -0.422 e. The molecule has 0 aliphatic heterocycles. The summed E-state index contributed by atoms with van der Waals surface area (Å²) in [4.78, 5) is 25.6. The molecule has 0 heterocycles. The highest BCUT2D eigenvalue weighted by molar-refractivity contribution is 6.08. The average Bonchev–Trinajstić information content (AvgIpc) is 2.89. The van der Waals surface area contributed by atoms with Crippen molar-refractivity contribution in [3.63, 3.8) is 0 Å². The van der Waals surface area contributed by atoms with Crippen LogP contribution in [0.4, 0.5) is 0 Å². The van der Waals surface area contributed by atoms with Crippen LogP contribution >= 0.6 is 0 Å². The van der Waals surface area contributed by atoms with E-state index in [1.54, 1.807) is 24.3 Å². The highest BCUT2D eigenvalue weighted by Crippen LogP contribution is 2.27. The number of hydrazone groups is 1. The molecular formula is C30H22N2O3. The van der Waals surface area contributed by atoms with E-state index in [1.807, 2.05) is 85.8 Å². The molecule has 0 atom stereocenters. The quantitative estimate of drug-likeness (QED) is 0.146. The second-order valence-corrected chi connectivity index (χ2v) is 8.18. The summed E-state index contributed by atoms with van der Waals surface area (Å²) >= 11 is 0. The first kappa shape index (κ1) is 22.0. The van der Waals surface area contributed by atoms with Gasteiger partial charge in [-0.3, -0.25) is 4.79 Å². The Hall–Kier alpha value is -4.77. The summed E-state index contributed by atoms with van der Waals surface area (Å²) < 4.78 is 5.74. The molecule has 0 unspecified atom stereocenters. The zero-order chi connectivity index (χ0) is 24.2. The molecule has 5 rings (SSSR count). The number of amides is 1. The highest BCUT2D eigenvalue weighted by Gasteiger charge is 2.14. The van der Waals surface area contributed by atoms with Crippen molar-refractivity contribution < 1.29 is 14.3 Å². The minimum atomic E-state index is -0.463. The van der Waals surface area contributed by atoms with Crippen molar-refractivity contribution in [3.8, 4) is 5.75 Å². The van der Waals surface area contributed by atoms with E-state index >= 15 is 0 Å². The van der Waals surface area contributed by atoms with Crippen molar-refractivity contribution >= 4 is 39.6 Å². The molecule has 5 aromatic carbocycles. The number of hydrogen-bond donors (Lipinski definition) is 1. The van der Waals surface area contributed by atoms with Gasteiger partial charge in [0.25, 0.3) is 5.91 Å². The zero-order valence-corrected chi connectivity index (χ0v) is 19.1. The molecule has 0 aliphatic rings. The summed E-state index contributed by atoms with van der Waals surface area (Å²) in [6.07, 6.45) is 1.52. The van der Waals surface area contributed by atoms with Crippen molar-refractivity contribution in [2.45, 2.75) is 6.92 Å². The van der Waals surface area contributed by atoms with Crippen LogP contribution in [-0.2, 0) is 0 Å². The van der Waals surface area contributed by atoms with Gasteiger partial charge in [0.1, 0.15) is 5.75 Å². The number of esters is 1. The van der Waals surface area contributed by atoms with E-state index in [2.05, 4.69) is 10.5 Å². The number of rotatable bonds is 5. The van der Waals surface area contributed by atoms with E-state index in [1.165, 1.54) is 6.21 Å². The van der Waals surface area contributed by atoms with Gasteiger partial charge >= 0.3 is 5.97 Å². The second kappa shape index (κ2) is 9.61. The summed E-state index contributed by atoms with van der Waals surface area (Å²) in [5.74, 6) is -0.427. The molecule has 5 nitrogen and oxygen atoms in total. The molecule has 0 bridgehead atoms. The Balaban J connectivity index is 1.45. The van der Waals surface area contributed by atoms with Gasteiger partial charge in [-0.05, 0) is 52.7 Å². The molecule has 0 aliphatic carbocycles. The monoisotopic (exact) mass is 458 g/mol. The predicted molar refractivity (Wildman–Crippen MR) is 139 cm³/mol. The SMILES string of the molecule is Cc1ccc(C(=O)Oc2ccc3ccccc3c2/C=N\NC(=O)c2cccc3ccccc23)cc1. The van der Waals surface area contributed by atoms with Crippen LogP contribution in [0.5, 0.6) is 5.75 Å². The standard InChI is InChI=1S/C30H22N2O3/c1-20-13-15-23(16-14-20)30(34)35-28-18-17-22-8-3-5-11-25(22)27(28)19-31-32-29(33)26-12-6-9-21-7-2-4-10-24(21)26/h2-19H,1H3,(H,32,33)/b31-19-. The smallest absolute Gasteiger partial charge is 0.343 e. The van der Waals surface area contributed by atoms with Crippen LogP contribution in [0.15, 0.2) is 108 Å². The van der Waals surface area contributed by atoms with Gasteiger partial charge in [-0.15, -0.1) is 0 Å². The maximum atomic E-state index is 12.9. The first-order valence-electron chi connectivity index (χ1n) is 11.2. The predicted octanol–water partition coefficient (Wildman–Crippen LogP) is 6.28. The Labute approximate surface area is 202 Å². The maximum absolute atomic E-state index is 12.9. The van der Waals surface area contributed by atoms with Gasteiger partial charge in [0.05, 0.1) is 11.8 Å². The number of nitrogens with zero attached hydrogens (tertiary/aromatic N) is 1. The van der Waals surface area contributed by atoms with E-state index < -0.39 is 5.97 Å². The first-order valence-corrected chi connectivity index (χ1v) is 11.2. The molecule has 0 radical (unpaired) electrons. The number of fused-ring (bicyclic) bond motifs is 2. The Morgan fingerprint density at radius 3 is 2.17 bits per heavy atom. The fourth-order valence-corrected chi connectivity index (χ4v) is 3.99. The number of carbonyl (C=O) groups is 2. The van der Waals surface area contributed by atoms with Gasteiger partial charge in [-0.2, -0.15) is 5.10 Å². The van der Waals surface area contributed by atoms with Gasteiger partial charge in [-0.1, -0.05) is 84.4 Å². The second-order valence-electron chi connectivity index (χ2n) is 8.18. The van der Waals surface area contributed by atoms with Gasteiger partial charge in [-0.25, -0.2) is 10.2 Å². The summed E-state index contributed by atoms with van der Waals surface area (Å²) in [7, 11) is 0. The number of carbonyl (C=O) groups excluding carboxylic acids is 2.